The van der Waals surface area contributed by atoms with Gasteiger partial charge in [0, 0.05) is 35.2 Å². The summed E-state index contributed by atoms with van der Waals surface area (Å²) in [5, 5.41) is 5.95. The Kier molecular flexibility index (Phi) is 4.46. The van der Waals surface area contributed by atoms with Crippen LogP contribution in [0.3, 0.4) is 0 Å². The highest BCUT2D eigenvalue weighted by Crippen LogP contribution is 2.25. The number of nitrogens with one attached hydrogen (secondary N) is 2. The van der Waals surface area contributed by atoms with E-state index in [1.807, 2.05) is 24.3 Å². The molecule has 1 aliphatic carbocycles. The number of hydrogen-bond donors (Lipinski definition) is 2. The second-order valence-corrected chi connectivity index (χ2v) is 6.94. The van der Waals surface area contributed by atoms with Crippen LogP contribution < -0.4 is 10.6 Å². The van der Waals surface area contributed by atoms with Gasteiger partial charge in [-0.05, 0) is 31.9 Å². The lowest BCUT2D eigenvalue weighted by molar-refractivity contribution is -0.130. The van der Waals surface area contributed by atoms with Gasteiger partial charge in [0.05, 0.1) is 0 Å². The monoisotopic (exact) mass is 380 g/mol. The number of aromatic nitrogens is 1. The molecule has 0 spiro atoms. The highest BCUT2D eigenvalue weighted by atomic mass is 16.2. The molecule has 2 aromatic rings. The molecule has 1 aromatic carbocycles. The summed E-state index contributed by atoms with van der Waals surface area (Å²) in [4.78, 5) is 49.7. The van der Waals surface area contributed by atoms with Gasteiger partial charge in [0.2, 0.25) is 5.91 Å². The molecule has 0 unspecified atom stereocenters. The lowest BCUT2D eigenvalue weighted by Crippen LogP contribution is -2.53. The predicted octanol–water partition coefficient (Wildman–Crippen LogP) is 1.40. The van der Waals surface area contributed by atoms with Crippen LogP contribution in [0, 0.1) is 0 Å². The largest absolute Gasteiger partial charge is 0.352 e. The van der Waals surface area contributed by atoms with Gasteiger partial charge in [-0.3, -0.25) is 24.6 Å². The molecule has 2 aliphatic rings. The lowest BCUT2D eigenvalue weighted by Gasteiger charge is -2.24. The quantitative estimate of drug-likeness (QED) is 0.605. The van der Waals surface area contributed by atoms with Gasteiger partial charge in [-0.25, -0.2) is 4.79 Å². The van der Waals surface area contributed by atoms with Crippen molar-refractivity contribution in [2.75, 3.05) is 6.54 Å². The maximum Gasteiger partial charge on any atom is 0.331 e. The van der Waals surface area contributed by atoms with Gasteiger partial charge >= 0.3 is 6.03 Å². The SMILES string of the molecule is CCN1C(=O)NC(=O)/C(=C\c2cn(CC(=O)NC3CC3)c3ccccc23)C1=O. The van der Waals surface area contributed by atoms with E-state index in [1.54, 1.807) is 17.7 Å². The summed E-state index contributed by atoms with van der Waals surface area (Å²) >= 11 is 0. The number of barbiturate groups is 1. The Bertz CT molecular complexity index is 1030. The number of hydrogen-bond acceptors (Lipinski definition) is 4. The molecule has 1 aromatic heterocycles. The Morgan fingerprint density at radius 3 is 2.71 bits per heavy atom. The average Bonchev–Trinajstić information content (AvgIpc) is 3.40. The normalized spacial score (nSPS) is 18.7. The molecule has 2 fully saturated rings. The van der Waals surface area contributed by atoms with Crippen molar-refractivity contribution >= 4 is 40.7 Å². The van der Waals surface area contributed by atoms with Crippen molar-refractivity contribution in [3.05, 3.63) is 41.6 Å². The van der Waals surface area contributed by atoms with Crippen LogP contribution in [0.1, 0.15) is 25.3 Å². The van der Waals surface area contributed by atoms with Gasteiger partial charge in [0.1, 0.15) is 12.1 Å². The van der Waals surface area contributed by atoms with Gasteiger partial charge in [0.15, 0.2) is 0 Å². The Morgan fingerprint density at radius 1 is 1.25 bits per heavy atom. The Morgan fingerprint density at radius 2 is 2.00 bits per heavy atom. The first-order chi connectivity index (χ1) is 13.5. The minimum atomic E-state index is -0.719. The number of imide groups is 2. The number of likely N-dealkylation sites (N-methyl/N-ethyl adjacent to an activating group) is 1. The van der Waals surface area contributed by atoms with Crippen LogP contribution in [0.15, 0.2) is 36.0 Å². The van der Waals surface area contributed by atoms with Crippen LogP contribution >= 0.6 is 0 Å². The molecule has 0 bridgehead atoms. The van der Waals surface area contributed by atoms with Crippen LogP contribution in [-0.4, -0.2) is 45.8 Å². The van der Waals surface area contributed by atoms with E-state index < -0.39 is 17.8 Å². The van der Waals surface area contributed by atoms with Crippen LogP contribution in [0.4, 0.5) is 4.79 Å². The summed E-state index contributed by atoms with van der Waals surface area (Å²) in [6.07, 6.45) is 5.25. The van der Waals surface area contributed by atoms with E-state index in [1.165, 1.54) is 6.08 Å². The van der Waals surface area contributed by atoms with E-state index in [2.05, 4.69) is 10.6 Å². The van der Waals surface area contributed by atoms with Crippen molar-refractivity contribution in [2.24, 2.45) is 0 Å². The van der Waals surface area contributed by atoms with Gasteiger partial charge in [-0.15, -0.1) is 0 Å². The molecule has 2 heterocycles. The summed E-state index contributed by atoms with van der Waals surface area (Å²) in [5.41, 5.74) is 1.36. The van der Waals surface area contributed by atoms with Crippen molar-refractivity contribution < 1.29 is 19.2 Å². The Balaban J connectivity index is 1.71. The molecule has 8 nitrogen and oxygen atoms in total. The molecule has 0 atom stereocenters. The maximum atomic E-state index is 12.5. The van der Waals surface area contributed by atoms with E-state index in [0.29, 0.717) is 5.56 Å². The standard InChI is InChI=1S/C20H20N4O4/c1-2-24-19(27)15(18(26)22-20(24)28)9-12-10-23(11-17(25)21-13-7-8-13)16-6-4-3-5-14(12)16/h3-6,9-10,13H,2,7-8,11H2,1H3,(H,21,25)(H,22,26,28)/b15-9+. The van der Waals surface area contributed by atoms with E-state index in [-0.39, 0.29) is 30.6 Å². The highest BCUT2D eigenvalue weighted by molar-refractivity contribution is 6.31. The van der Waals surface area contributed by atoms with Crippen LogP contribution in [0.2, 0.25) is 0 Å². The molecule has 5 amide bonds. The smallest absolute Gasteiger partial charge is 0.331 e. The minimum Gasteiger partial charge on any atom is -0.352 e. The third kappa shape index (κ3) is 3.28. The van der Waals surface area contributed by atoms with Crippen LogP contribution in [-0.2, 0) is 20.9 Å². The van der Waals surface area contributed by atoms with E-state index in [9.17, 15) is 19.2 Å². The zero-order valence-electron chi connectivity index (χ0n) is 15.4. The highest BCUT2D eigenvalue weighted by Gasteiger charge is 2.34. The Labute approximate surface area is 161 Å². The number of nitrogens with zero attached hydrogens (tertiary/aromatic N) is 2. The van der Waals surface area contributed by atoms with Crippen molar-refractivity contribution in [3.8, 4) is 0 Å². The number of carbonyl (C=O) groups is 4. The molecule has 2 N–H and O–H groups in total. The number of para-hydroxylation sites is 1. The molecular weight excluding hydrogens is 360 g/mol. The second kappa shape index (κ2) is 6.95. The molecule has 8 heteroatoms. The molecule has 1 saturated carbocycles. The van der Waals surface area contributed by atoms with Gasteiger partial charge in [-0.1, -0.05) is 18.2 Å². The van der Waals surface area contributed by atoms with E-state index >= 15 is 0 Å². The molecule has 1 saturated heterocycles. The predicted molar refractivity (Wildman–Crippen MR) is 102 cm³/mol. The Hall–Kier alpha value is -3.42. The zero-order valence-corrected chi connectivity index (χ0v) is 15.4. The van der Waals surface area contributed by atoms with Gasteiger partial charge in [0.25, 0.3) is 11.8 Å². The number of rotatable bonds is 5. The fraction of sp³-hybridized carbons (Fsp3) is 0.300. The number of fused-ring (bicyclic) bond motifs is 1. The first kappa shape index (κ1) is 18.0. The van der Waals surface area contributed by atoms with Crippen molar-refractivity contribution in [1.82, 2.24) is 20.1 Å². The van der Waals surface area contributed by atoms with E-state index in [0.717, 1.165) is 28.6 Å². The van der Waals surface area contributed by atoms with E-state index in [4.69, 9.17) is 0 Å². The van der Waals surface area contributed by atoms with Crippen molar-refractivity contribution in [1.29, 1.82) is 0 Å². The average molecular weight is 380 g/mol. The number of benzene rings is 1. The minimum absolute atomic E-state index is 0.0725. The molecular formula is C20H20N4O4. The molecule has 1 aliphatic heterocycles. The van der Waals surface area contributed by atoms with Crippen molar-refractivity contribution in [3.63, 3.8) is 0 Å². The first-order valence-electron chi connectivity index (χ1n) is 9.24. The molecule has 0 radical (unpaired) electrons. The molecule has 28 heavy (non-hydrogen) atoms. The zero-order chi connectivity index (χ0) is 19.8. The molecule has 144 valence electrons. The van der Waals surface area contributed by atoms with Gasteiger partial charge < -0.3 is 9.88 Å². The number of amides is 5. The lowest BCUT2D eigenvalue weighted by atomic mass is 10.1. The van der Waals surface area contributed by atoms with Crippen LogP contribution in [0.25, 0.3) is 17.0 Å². The summed E-state index contributed by atoms with van der Waals surface area (Å²) in [7, 11) is 0. The van der Waals surface area contributed by atoms with Gasteiger partial charge in [-0.2, -0.15) is 0 Å². The summed E-state index contributed by atoms with van der Waals surface area (Å²) < 4.78 is 1.80. The maximum absolute atomic E-state index is 12.5. The first-order valence-corrected chi connectivity index (χ1v) is 9.24. The number of urea groups is 1. The van der Waals surface area contributed by atoms with Crippen molar-refractivity contribution in [2.45, 2.75) is 32.4 Å². The summed E-state index contributed by atoms with van der Waals surface area (Å²) in [6.45, 7) is 1.98. The van der Waals surface area contributed by atoms with Crippen LogP contribution in [0.5, 0.6) is 0 Å². The fourth-order valence-corrected chi connectivity index (χ4v) is 3.31. The second-order valence-electron chi connectivity index (χ2n) is 6.94. The third-order valence-electron chi connectivity index (χ3n) is 4.88. The summed E-state index contributed by atoms with van der Waals surface area (Å²) in [5.74, 6) is -1.42. The molecule has 4 rings (SSSR count). The topological polar surface area (TPSA) is 101 Å². The number of carbonyl (C=O) groups excluding carboxylic acids is 4. The fourth-order valence-electron chi connectivity index (χ4n) is 3.31. The third-order valence-corrected chi connectivity index (χ3v) is 4.88. The summed E-state index contributed by atoms with van der Waals surface area (Å²) in [6, 6.07) is 7.02.